The van der Waals surface area contributed by atoms with E-state index in [4.69, 9.17) is 13.8 Å². The predicted octanol–water partition coefficient (Wildman–Crippen LogP) is 11.3. The van der Waals surface area contributed by atoms with Crippen molar-refractivity contribution >= 4 is 19.7 Å². The van der Waals surface area contributed by atoms with Crippen LogP contribution < -0.4 is 5.32 Å². The van der Waals surface area contributed by atoms with E-state index in [2.05, 4.69) is 104 Å². The Morgan fingerprint density at radius 3 is 1.61 bits per heavy atom. The van der Waals surface area contributed by atoms with Crippen LogP contribution in [0.4, 0.5) is 0 Å². The molecule has 0 fully saturated rings. The van der Waals surface area contributed by atoms with Crippen LogP contribution in [0.5, 0.6) is 0 Å². The number of rotatable bonds is 37. The fraction of sp³-hybridized carbons (Fsp3) is 0.636. The molecule has 0 bridgehead atoms. The first-order chi connectivity index (χ1) is 26.3. The van der Waals surface area contributed by atoms with Gasteiger partial charge in [-0.15, -0.1) is 0 Å². The van der Waals surface area contributed by atoms with Crippen LogP contribution in [0.2, 0.25) is 0 Å². The van der Waals surface area contributed by atoms with Crippen molar-refractivity contribution in [3.63, 3.8) is 0 Å². The van der Waals surface area contributed by atoms with E-state index in [1.54, 1.807) is 0 Å². The monoisotopic (exact) mass is 776 g/mol. The summed E-state index contributed by atoms with van der Waals surface area (Å²) in [6, 6.07) is 0. The molecular formula is C44H74NO8P. The summed E-state index contributed by atoms with van der Waals surface area (Å²) in [6.07, 6.45) is 49.5. The third-order valence-corrected chi connectivity index (χ3v) is 9.02. The molecule has 2 atom stereocenters. The molecule has 3 N–H and O–H groups in total. The SMILES string of the molecule is CC/C=C\C/C=C\C/C=C\C/C=C\C/C=C\C/C=C\CCCCCCC(=O)OCC(O)COP(=O)(O)OCCNC(=O)CCCCCCC/C=C\CCC. The van der Waals surface area contributed by atoms with Crippen molar-refractivity contribution in [1.82, 2.24) is 5.32 Å². The van der Waals surface area contributed by atoms with Gasteiger partial charge in [0.2, 0.25) is 5.91 Å². The second-order valence-electron chi connectivity index (χ2n) is 13.2. The molecule has 0 saturated carbocycles. The Morgan fingerprint density at radius 1 is 0.593 bits per heavy atom. The van der Waals surface area contributed by atoms with Gasteiger partial charge >= 0.3 is 13.8 Å². The molecule has 54 heavy (non-hydrogen) atoms. The Morgan fingerprint density at radius 2 is 1.06 bits per heavy atom. The number of unbranched alkanes of at least 4 members (excludes halogenated alkanes) is 10. The molecule has 0 spiro atoms. The Labute approximate surface area is 328 Å². The van der Waals surface area contributed by atoms with E-state index in [1.807, 2.05) is 0 Å². The molecule has 0 rings (SSSR count). The number of carbonyl (C=O) groups is 2. The number of hydrogen-bond donors (Lipinski definition) is 3. The normalized spacial score (nSPS) is 14.2. The van der Waals surface area contributed by atoms with E-state index in [0.717, 1.165) is 103 Å². The van der Waals surface area contributed by atoms with Gasteiger partial charge in [-0.05, 0) is 83.5 Å². The Bertz CT molecular complexity index is 1160. The van der Waals surface area contributed by atoms with Crippen molar-refractivity contribution in [3.8, 4) is 0 Å². The van der Waals surface area contributed by atoms with E-state index in [9.17, 15) is 24.2 Å². The van der Waals surface area contributed by atoms with E-state index >= 15 is 0 Å². The number of amides is 1. The van der Waals surface area contributed by atoms with Crippen molar-refractivity contribution in [2.75, 3.05) is 26.4 Å². The minimum Gasteiger partial charge on any atom is -0.463 e. The van der Waals surface area contributed by atoms with Crippen molar-refractivity contribution in [2.45, 2.75) is 155 Å². The molecule has 0 aromatic rings. The molecule has 0 aromatic heterocycles. The van der Waals surface area contributed by atoms with E-state index < -0.39 is 26.5 Å². The predicted molar refractivity (Wildman–Crippen MR) is 224 cm³/mol. The minimum atomic E-state index is -4.42. The lowest BCUT2D eigenvalue weighted by Crippen LogP contribution is -2.27. The van der Waals surface area contributed by atoms with Crippen LogP contribution in [0.15, 0.2) is 85.1 Å². The Hall–Kier alpha value is -2.81. The van der Waals surface area contributed by atoms with Gasteiger partial charge in [-0.1, -0.05) is 137 Å². The molecule has 9 nitrogen and oxygen atoms in total. The molecule has 0 saturated heterocycles. The number of carbonyl (C=O) groups excluding carboxylic acids is 2. The maximum absolute atomic E-state index is 12.1. The van der Waals surface area contributed by atoms with Crippen LogP contribution in [0.1, 0.15) is 149 Å². The summed E-state index contributed by atoms with van der Waals surface area (Å²) in [5.74, 6) is -0.562. The zero-order chi connectivity index (χ0) is 39.6. The summed E-state index contributed by atoms with van der Waals surface area (Å²) >= 11 is 0. The average molecular weight is 776 g/mol. The first-order valence-corrected chi connectivity index (χ1v) is 22.1. The fourth-order valence-electron chi connectivity index (χ4n) is 4.97. The maximum atomic E-state index is 12.1. The molecule has 0 aliphatic carbocycles. The Balaban J connectivity index is 3.70. The van der Waals surface area contributed by atoms with E-state index in [1.165, 1.54) is 12.8 Å². The zero-order valence-corrected chi connectivity index (χ0v) is 34.5. The number of nitrogens with one attached hydrogen (secondary N) is 1. The summed E-state index contributed by atoms with van der Waals surface area (Å²) < 4.78 is 26.8. The number of phosphoric acid groups is 1. The van der Waals surface area contributed by atoms with Crippen molar-refractivity contribution in [1.29, 1.82) is 0 Å². The number of ether oxygens (including phenoxy) is 1. The van der Waals surface area contributed by atoms with Crippen LogP contribution >= 0.6 is 7.82 Å². The number of aliphatic hydroxyl groups excluding tert-OH is 1. The molecule has 0 aliphatic heterocycles. The summed E-state index contributed by atoms with van der Waals surface area (Å²) in [7, 11) is -4.42. The number of allylic oxidation sites excluding steroid dienone is 14. The maximum Gasteiger partial charge on any atom is 0.472 e. The van der Waals surface area contributed by atoms with Gasteiger partial charge in [-0.3, -0.25) is 18.6 Å². The van der Waals surface area contributed by atoms with Gasteiger partial charge in [0.25, 0.3) is 0 Å². The van der Waals surface area contributed by atoms with Crippen LogP contribution in [-0.2, 0) is 27.9 Å². The molecule has 0 heterocycles. The lowest BCUT2D eigenvalue weighted by Gasteiger charge is -2.15. The summed E-state index contributed by atoms with van der Waals surface area (Å²) in [5.41, 5.74) is 0. The van der Waals surface area contributed by atoms with Gasteiger partial charge in [0.05, 0.1) is 13.2 Å². The van der Waals surface area contributed by atoms with E-state index in [-0.39, 0.29) is 32.1 Å². The van der Waals surface area contributed by atoms with Gasteiger partial charge in [0.1, 0.15) is 12.7 Å². The van der Waals surface area contributed by atoms with Crippen LogP contribution in [0.3, 0.4) is 0 Å². The lowest BCUT2D eigenvalue weighted by molar-refractivity contribution is -0.147. The highest BCUT2D eigenvalue weighted by Crippen LogP contribution is 2.42. The zero-order valence-electron chi connectivity index (χ0n) is 33.6. The average Bonchev–Trinajstić information content (AvgIpc) is 3.16. The first-order valence-electron chi connectivity index (χ1n) is 20.6. The quantitative estimate of drug-likeness (QED) is 0.0246. The summed E-state index contributed by atoms with van der Waals surface area (Å²) in [5, 5.41) is 12.6. The largest absolute Gasteiger partial charge is 0.472 e. The second-order valence-corrected chi connectivity index (χ2v) is 14.7. The van der Waals surface area contributed by atoms with Gasteiger partial charge in [-0.2, -0.15) is 0 Å². The molecule has 2 unspecified atom stereocenters. The van der Waals surface area contributed by atoms with Gasteiger partial charge in [0.15, 0.2) is 0 Å². The summed E-state index contributed by atoms with van der Waals surface area (Å²) in [6.45, 7) is 3.30. The topological polar surface area (TPSA) is 131 Å². The number of phosphoric ester groups is 1. The molecule has 1 amide bonds. The first kappa shape index (κ1) is 51.2. The van der Waals surface area contributed by atoms with Gasteiger partial charge < -0.3 is 20.1 Å². The molecule has 0 aromatic carbocycles. The smallest absolute Gasteiger partial charge is 0.463 e. The molecule has 0 aliphatic rings. The van der Waals surface area contributed by atoms with Crippen molar-refractivity contribution in [2.24, 2.45) is 0 Å². The number of esters is 1. The standard InChI is InChI=1S/C44H74NO8P/c1-3-5-7-9-11-13-15-16-17-18-19-20-21-22-23-24-25-26-27-29-31-33-35-37-44(48)51-40-42(46)41-53-54(49,50)52-39-38-45-43(47)36-34-32-30-28-14-12-10-8-6-4-2/h5,7-8,10-11,13,16-17,19-20,22-23,25-26,42,46H,3-4,6,9,12,14-15,18,21,24,27-41H2,1-2H3,(H,45,47)(H,49,50)/b7-5-,10-8-,13-11-,17-16-,20-19-,23-22-,26-25-. The molecular weight excluding hydrogens is 701 g/mol. The minimum absolute atomic E-state index is 0.0690. The lowest BCUT2D eigenvalue weighted by atomic mass is 10.1. The Kier molecular flexibility index (Phi) is 37.8. The van der Waals surface area contributed by atoms with Crippen LogP contribution in [-0.4, -0.2) is 54.3 Å². The third-order valence-electron chi connectivity index (χ3n) is 8.04. The highest BCUT2D eigenvalue weighted by Gasteiger charge is 2.23. The molecule has 10 heteroatoms. The third kappa shape index (κ3) is 40.4. The highest BCUT2D eigenvalue weighted by molar-refractivity contribution is 7.47. The van der Waals surface area contributed by atoms with Crippen LogP contribution in [0, 0.1) is 0 Å². The van der Waals surface area contributed by atoms with Crippen molar-refractivity contribution in [3.05, 3.63) is 85.1 Å². The summed E-state index contributed by atoms with van der Waals surface area (Å²) in [4.78, 5) is 33.8. The van der Waals surface area contributed by atoms with Crippen LogP contribution in [0.25, 0.3) is 0 Å². The molecule has 308 valence electrons. The van der Waals surface area contributed by atoms with Gasteiger partial charge in [-0.25, -0.2) is 4.57 Å². The highest BCUT2D eigenvalue weighted by atomic mass is 31.2. The fourth-order valence-corrected chi connectivity index (χ4v) is 5.73. The van der Waals surface area contributed by atoms with Gasteiger partial charge in [0, 0.05) is 19.4 Å². The number of hydrogen-bond acceptors (Lipinski definition) is 7. The van der Waals surface area contributed by atoms with E-state index in [0.29, 0.717) is 12.8 Å². The second kappa shape index (κ2) is 39.9. The van der Waals surface area contributed by atoms with Crippen molar-refractivity contribution < 1.29 is 37.9 Å². The number of aliphatic hydroxyl groups is 1. The molecule has 0 radical (unpaired) electrons.